The minimum Gasteiger partial charge on any atom is -0.388 e. The highest BCUT2D eigenvalue weighted by molar-refractivity contribution is 5.94. The van der Waals surface area contributed by atoms with Gasteiger partial charge in [-0.2, -0.15) is 0 Å². The van der Waals surface area contributed by atoms with Gasteiger partial charge in [0.1, 0.15) is 0 Å². The summed E-state index contributed by atoms with van der Waals surface area (Å²) in [5, 5.41) is 9.90. The number of hydrogen-bond donors (Lipinski definition) is 1. The van der Waals surface area contributed by atoms with Crippen molar-refractivity contribution in [2.75, 3.05) is 11.4 Å². The van der Waals surface area contributed by atoms with Gasteiger partial charge < -0.3 is 10.0 Å². The number of hydrogen-bond acceptors (Lipinski definition) is 2. The SMILES string of the molecule is CCC(O)c1ccc2c(c1)CCCC(=O)N2CC. The summed E-state index contributed by atoms with van der Waals surface area (Å²) in [6.45, 7) is 4.68. The Labute approximate surface area is 108 Å². The molecule has 98 valence electrons. The minimum atomic E-state index is -0.399. The fourth-order valence-electron chi connectivity index (χ4n) is 2.56. The first-order chi connectivity index (χ1) is 8.67. The molecule has 3 heteroatoms. The van der Waals surface area contributed by atoms with Crippen LogP contribution in [0.1, 0.15) is 50.3 Å². The molecule has 0 saturated carbocycles. The van der Waals surface area contributed by atoms with Crippen molar-refractivity contribution in [3.05, 3.63) is 29.3 Å². The quantitative estimate of drug-likeness (QED) is 0.892. The van der Waals surface area contributed by atoms with Gasteiger partial charge in [0.15, 0.2) is 0 Å². The van der Waals surface area contributed by atoms with Gasteiger partial charge in [0.2, 0.25) is 5.91 Å². The molecule has 3 nitrogen and oxygen atoms in total. The second-order valence-corrected chi connectivity index (χ2v) is 4.80. The zero-order valence-electron chi connectivity index (χ0n) is 11.1. The van der Waals surface area contributed by atoms with Crippen LogP contribution in [0.2, 0.25) is 0 Å². The Hall–Kier alpha value is -1.35. The summed E-state index contributed by atoms with van der Waals surface area (Å²) in [5.74, 6) is 0.208. The van der Waals surface area contributed by atoms with Gasteiger partial charge in [0, 0.05) is 18.7 Å². The number of aryl methyl sites for hydroxylation is 1. The predicted octanol–water partition coefficient (Wildman–Crippen LogP) is 2.82. The first-order valence-corrected chi connectivity index (χ1v) is 6.78. The third kappa shape index (κ3) is 2.41. The number of aliphatic hydroxyl groups excluding tert-OH is 1. The lowest BCUT2D eigenvalue weighted by Crippen LogP contribution is -2.29. The van der Waals surface area contributed by atoms with Gasteiger partial charge in [0.05, 0.1) is 6.10 Å². The fourth-order valence-corrected chi connectivity index (χ4v) is 2.56. The Kier molecular flexibility index (Phi) is 4.02. The van der Waals surface area contributed by atoms with Crippen LogP contribution in [-0.2, 0) is 11.2 Å². The van der Waals surface area contributed by atoms with Gasteiger partial charge in [-0.15, -0.1) is 0 Å². The number of carbonyl (C=O) groups is 1. The Morgan fingerprint density at radius 2 is 2.11 bits per heavy atom. The van der Waals surface area contributed by atoms with Gasteiger partial charge in [0.25, 0.3) is 0 Å². The molecule has 1 amide bonds. The molecule has 2 rings (SSSR count). The van der Waals surface area contributed by atoms with E-state index in [1.807, 2.05) is 30.9 Å². The maximum Gasteiger partial charge on any atom is 0.226 e. The minimum absolute atomic E-state index is 0.208. The number of amides is 1. The molecule has 0 saturated heterocycles. The summed E-state index contributed by atoms with van der Waals surface area (Å²) >= 11 is 0. The number of nitrogens with zero attached hydrogens (tertiary/aromatic N) is 1. The number of anilines is 1. The Morgan fingerprint density at radius 3 is 2.78 bits per heavy atom. The molecule has 1 aliphatic rings. The average Bonchev–Trinajstić information content (AvgIpc) is 2.55. The molecular weight excluding hydrogens is 226 g/mol. The van der Waals surface area contributed by atoms with Crippen LogP contribution < -0.4 is 4.90 Å². The summed E-state index contributed by atoms with van der Waals surface area (Å²) in [6, 6.07) is 5.98. The summed E-state index contributed by atoms with van der Waals surface area (Å²) in [4.78, 5) is 13.8. The predicted molar refractivity (Wildman–Crippen MR) is 72.7 cm³/mol. The molecule has 1 aliphatic heterocycles. The third-order valence-electron chi connectivity index (χ3n) is 3.62. The van der Waals surface area contributed by atoms with Crippen LogP contribution in [0.4, 0.5) is 5.69 Å². The molecule has 0 radical (unpaired) electrons. The van der Waals surface area contributed by atoms with Crippen molar-refractivity contribution in [3.63, 3.8) is 0 Å². The Balaban J connectivity index is 2.40. The van der Waals surface area contributed by atoms with Gasteiger partial charge in [-0.1, -0.05) is 19.1 Å². The highest BCUT2D eigenvalue weighted by Crippen LogP contribution is 2.30. The average molecular weight is 247 g/mol. The van der Waals surface area contributed by atoms with Crippen LogP contribution in [0.15, 0.2) is 18.2 Å². The Bertz CT molecular complexity index is 442. The van der Waals surface area contributed by atoms with Crippen molar-refractivity contribution in [1.82, 2.24) is 0 Å². The lowest BCUT2D eigenvalue weighted by atomic mass is 10.00. The van der Waals surface area contributed by atoms with E-state index in [1.165, 1.54) is 5.56 Å². The molecule has 0 aromatic heterocycles. The number of fused-ring (bicyclic) bond motifs is 1. The van der Waals surface area contributed by atoms with E-state index in [0.29, 0.717) is 13.0 Å². The van der Waals surface area contributed by atoms with Crippen molar-refractivity contribution in [3.8, 4) is 0 Å². The van der Waals surface area contributed by atoms with E-state index in [4.69, 9.17) is 0 Å². The summed E-state index contributed by atoms with van der Waals surface area (Å²) in [7, 11) is 0. The largest absolute Gasteiger partial charge is 0.388 e. The molecule has 0 aliphatic carbocycles. The number of carbonyl (C=O) groups excluding carboxylic acids is 1. The van der Waals surface area contributed by atoms with Gasteiger partial charge in [-0.3, -0.25) is 4.79 Å². The van der Waals surface area contributed by atoms with Crippen LogP contribution in [-0.4, -0.2) is 17.6 Å². The van der Waals surface area contributed by atoms with E-state index in [9.17, 15) is 9.90 Å². The molecular formula is C15H21NO2. The maximum atomic E-state index is 12.0. The molecule has 1 aromatic rings. The van der Waals surface area contributed by atoms with E-state index >= 15 is 0 Å². The number of benzene rings is 1. The Morgan fingerprint density at radius 1 is 1.33 bits per heavy atom. The second kappa shape index (κ2) is 5.53. The standard InChI is InChI=1S/C15H21NO2/c1-3-14(17)12-8-9-13-11(10-12)6-5-7-15(18)16(13)4-2/h8-10,14,17H,3-7H2,1-2H3. The lowest BCUT2D eigenvalue weighted by Gasteiger charge is -2.22. The molecule has 1 N–H and O–H groups in total. The van der Waals surface area contributed by atoms with E-state index in [0.717, 1.165) is 30.5 Å². The third-order valence-corrected chi connectivity index (χ3v) is 3.62. The normalized spacial score (nSPS) is 17.3. The molecule has 18 heavy (non-hydrogen) atoms. The van der Waals surface area contributed by atoms with Crippen LogP contribution >= 0.6 is 0 Å². The van der Waals surface area contributed by atoms with E-state index < -0.39 is 6.10 Å². The van der Waals surface area contributed by atoms with Crippen molar-refractivity contribution >= 4 is 11.6 Å². The topological polar surface area (TPSA) is 40.5 Å². The molecule has 0 fully saturated rings. The molecule has 1 unspecified atom stereocenters. The summed E-state index contributed by atoms with van der Waals surface area (Å²) < 4.78 is 0. The van der Waals surface area contributed by atoms with Crippen LogP contribution in [0, 0.1) is 0 Å². The van der Waals surface area contributed by atoms with Gasteiger partial charge in [-0.25, -0.2) is 0 Å². The van der Waals surface area contributed by atoms with E-state index in [2.05, 4.69) is 6.07 Å². The van der Waals surface area contributed by atoms with E-state index in [-0.39, 0.29) is 5.91 Å². The van der Waals surface area contributed by atoms with Crippen LogP contribution in [0.3, 0.4) is 0 Å². The summed E-state index contributed by atoms with van der Waals surface area (Å²) in [6.07, 6.45) is 2.75. The van der Waals surface area contributed by atoms with Crippen molar-refractivity contribution in [1.29, 1.82) is 0 Å². The zero-order valence-corrected chi connectivity index (χ0v) is 11.1. The van der Waals surface area contributed by atoms with Crippen LogP contribution in [0.5, 0.6) is 0 Å². The molecule has 0 bridgehead atoms. The number of aliphatic hydroxyl groups is 1. The number of rotatable bonds is 3. The van der Waals surface area contributed by atoms with Gasteiger partial charge in [-0.05, 0) is 43.4 Å². The fraction of sp³-hybridized carbons (Fsp3) is 0.533. The molecule has 1 aromatic carbocycles. The first-order valence-electron chi connectivity index (χ1n) is 6.78. The van der Waals surface area contributed by atoms with Crippen LogP contribution in [0.25, 0.3) is 0 Å². The van der Waals surface area contributed by atoms with E-state index in [1.54, 1.807) is 0 Å². The first kappa shape index (κ1) is 13.1. The van der Waals surface area contributed by atoms with Crippen molar-refractivity contribution in [2.45, 2.75) is 45.6 Å². The van der Waals surface area contributed by atoms with Crippen molar-refractivity contribution in [2.24, 2.45) is 0 Å². The second-order valence-electron chi connectivity index (χ2n) is 4.80. The highest BCUT2D eigenvalue weighted by atomic mass is 16.3. The zero-order chi connectivity index (χ0) is 13.1. The monoisotopic (exact) mass is 247 g/mol. The van der Waals surface area contributed by atoms with Crippen molar-refractivity contribution < 1.29 is 9.90 Å². The highest BCUT2D eigenvalue weighted by Gasteiger charge is 2.21. The molecule has 1 heterocycles. The lowest BCUT2D eigenvalue weighted by molar-refractivity contribution is -0.118. The molecule has 1 atom stereocenters. The smallest absolute Gasteiger partial charge is 0.226 e. The van der Waals surface area contributed by atoms with Gasteiger partial charge >= 0.3 is 0 Å². The summed E-state index contributed by atoms with van der Waals surface area (Å²) in [5.41, 5.74) is 3.17. The maximum absolute atomic E-state index is 12.0. The molecule has 0 spiro atoms.